The maximum Gasteiger partial charge on any atom is 0.273 e. The Morgan fingerprint density at radius 3 is 2.73 bits per heavy atom. The summed E-state index contributed by atoms with van der Waals surface area (Å²) >= 11 is 0. The summed E-state index contributed by atoms with van der Waals surface area (Å²) in [5, 5.41) is 5.32. The van der Waals surface area contributed by atoms with Crippen LogP contribution in [0.2, 0.25) is 0 Å². The molecule has 3 N–H and O–H groups in total. The van der Waals surface area contributed by atoms with Gasteiger partial charge in [0.05, 0.1) is 17.0 Å². The van der Waals surface area contributed by atoms with Crippen molar-refractivity contribution in [2.24, 2.45) is 0 Å². The van der Waals surface area contributed by atoms with E-state index in [-0.39, 0.29) is 11.5 Å². The number of aromatic amines is 3. The van der Waals surface area contributed by atoms with Crippen molar-refractivity contribution < 1.29 is 4.79 Å². The summed E-state index contributed by atoms with van der Waals surface area (Å²) in [5.41, 5.74) is 6.36. The number of hydrogen-bond donors (Lipinski definition) is 3. The Morgan fingerprint density at radius 1 is 1.18 bits per heavy atom. The molecule has 4 aromatic rings. The molecule has 9 nitrogen and oxygen atoms in total. The molecular weight excluding hydrogens is 418 g/mol. The topological polar surface area (TPSA) is 125 Å². The first kappa shape index (κ1) is 21.1. The second-order valence-electron chi connectivity index (χ2n) is 8.65. The quantitative estimate of drug-likeness (QED) is 0.401. The van der Waals surface area contributed by atoms with Crippen LogP contribution in [0.25, 0.3) is 11.3 Å². The van der Waals surface area contributed by atoms with E-state index in [1.165, 1.54) is 24.0 Å². The van der Waals surface area contributed by atoms with Crippen molar-refractivity contribution >= 4 is 5.91 Å². The molecule has 0 atom stereocenters. The number of hydrogen-bond acceptors (Lipinski definition) is 5. The number of nitrogens with zero attached hydrogens (tertiary/aromatic N) is 4. The molecular formula is C24H27N7O2. The largest absolute Gasteiger partial charge is 0.362 e. The molecule has 1 aliphatic carbocycles. The number of carbonyl (C=O) groups is 1. The Morgan fingerprint density at radius 2 is 2.00 bits per heavy atom. The molecule has 0 aliphatic heterocycles. The maximum atomic E-state index is 12.6. The third kappa shape index (κ3) is 4.18. The average Bonchev–Trinajstić information content (AvgIpc) is 3.61. The molecule has 5 rings (SSSR count). The minimum atomic E-state index is -0.214. The van der Waals surface area contributed by atoms with Gasteiger partial charge in [-0.25, -0.2) is 4.98 Å². The van der Waals surface area contributed by atoms with Gasteiger partial charge in [0.1, 0.15) is 6.33 Å². The predicted molar refractivity (Wildman–Crippen MR) is 123 cm³/mol. The molecule has 0 bridgehead atoms. The highest BCUT2D eigenvalue weighted by molar-refractivity contribution is 5.79. The van der Waals surface area contributed by atoms with Crippen molar-refractivity contribution in [1.82, 2.24) is 34.7 Å². The van der Waals surface area contributed by atoms with Crippen molar-refractivity contribution in [3.63, 3.8) is 0 Å². The summed E-state index contributed by atoms with van der Waals surface area (Å²) < 4.78 is 1.54. The summed E-state index contributed by atoms with van der Waals surface area (Å²) in [5.74, 6) is 0.508. The van der Waals surface area contributed by atoms with Gasteiger partial charge in [0.25, 0.3) is 5.56 Å². The van der Waals surface area contributed by atoms with Gasteiger partial charge in [0, 0.05) is 55.2 Å². The van der Waals surface area contributed by atoms with E-state index in [0.717, 1.165) is 29.9 Å². The maximum absolute atomic E-state index is 12.6. The Labute approximate surface area is 190 Å². The molecule has 0 unspecified atom stereocenters. The lowest BCUT2D eigenvalue weighted by Crippen LogP contribution is -2.11. The first-order valence-electron chi connectivity index (χ1n) is 11.4. The van der Waals surface area contributed by atoms with E-state index in [1.807, 2.05) is 0 Å². The van der Waals surface area contributed by atoms with Gasteiger partial charge in [0.2, 0.25) is 5.91 Å². The average molecular weight is 446 g/mol. The second-order valence-corrected chi connectivity index (χ2v) is 8.65. The number of imidazole rings is 1. The molecule has 1 fully saturated rings. The number of carbonyl (C=O) groups excluding carboxylic acids is 1. The molecule has 0 amide bonds. The Bertz CT molecular complexity index is 1310. The summed E-state index contributed by atoms with van der Waals surface area (Å²) in [6.07, 6.45) is 16.1. The monoisotopic (exact) mass is 445 g/mol. The molecule has 1 aliphatic rings. The van der Waals surface area contributed by atoms with Gasteiger partial charge in [-0.3, -0.25) is 29.2 Å². The zero-order chi connectivity index (χ0) is 22.8. The minimum absolute atomic E-state index is 0.0370. The number of H-pyrrole nitrogens is 3. The standard InChI is InChI=1S/C24H27N7O2/c1-15-17(6-7-21(32)31-11-10-25-14-31)22(16-4-2-3-5-16)19(29-15)12-20-23(27-9-8-26-20)18-13-28-30-24(18)33/h8-11,13-14,16,29H,2-7,12H2,1H3,(H2,28,30,33). The van der Waals surface area contributed by atoms with Crippen molar-refractivity contribution in [1.29, 1.82) is 0 Å². The highest BCUT2D eigenvalue weighted by Crippen LogP contribution is 2.40. The van der Waals surface area contributed by atoms with Crippen LogP contribution in [0.5, 0.6) is 0 Å². The van der Waals surface area contributed by atoms with E-state index in [1.54, 1.807) is 41.9 Å². The molecule has 4 heterocycles. The summed E-state index contributed by atoms with van der Waals surface area (Å²) in [6.45, 7) is 2.08. The highest BCUT2D eigenvalue weighted by atomic mass is 16.2. The first-order chi connectivity index (χ1) is 16.1. The fraction of sp³-hybridized carbons (Fsp3) is 0.375. The molecule has 0 radical (unpaired) electrons. The van der Waals surface area contributed by atoms with Crippen LogP contribution in [0.4, 0.5) is 0 Å². The van der Waals surface area contributed by atoms with E-state index in [0.29, 0.717) is 36.4 Å². The normalized spacial score (nSPS) is 14.2. The first-order valence-corrected chi connectivity index (χ1v) is 11.4. The smallest absolute Gasteiger partial charge is 0.273 e. The molecule has 0 aromatic carbocycles. The van der Waals surface area contributed by atoms with Gasteiger partial charge in [-0.2, -0.15) is 0 Å². The van der Waals surface area contributed by atoms with Crippen molar-refractivity contribution in [3.05, 3.63) is 75.9 Å². The SMILES string of the molecule is Cc1[nH]c(Cc2nccnc2-c2c[nH][nH]c2=O)c(C2CCCC2)c1CCC(=O)n1ccnc1. The van der Waals surface area contributed by atoms with E-state index in [9.17, 15) is 9.59 Å². The molecule has 33 heavy (non-hydrogen) atoms. The zero-order valence-corrected chi connectivity index (χ0v) is 18.6. The van der Waals surface area contributed by atoms with Crippen molar-refractivity contribution in [3.8, 4) is 11.3 Å². The van der Waals surface area contributed by atoms with Crippen LogP contribution in [0, 0.1) is 6.92 Å². The minimum Gasteiger partial charge on any atom is -0.362 e. The molecule has 0 saturated heterocycles. The molecule has 0 spiro atoms. The van der Waals surface area contributed by atoms with Gasteiger partial charge >= 0.3 is 0 Å². The van der Waals surface area contributed by atoms with Crippen LogP contribution >= 0.6 is 0 Å². The van der Waals surface area contributed by atoms with Gasteiger partial charge < -0.3 is 10.1 Å². The van der Waals surface area contributed by atoms with Crippen molar-refractivity contribution in [2.75, 3.05) is 0 Å². The summed E-state index contributed by atoms with van der Waals surface area (Å²) in [7, 11) is 0. The summed E-state index contributed by atoms with van der Waals surface area (Å²) in [6, 6.07) is 0. The molecule has 9 heteroatoms. The molecule has 1 saturated carbocycles. The second kappa shape index (κ2) is 9.01. The van der Waals surface area contributed by atoms with Crippen molar-refractivity contribution in [2.45, 2.75) is 57.8 Å². The lowest BCUT2D eigenvalue weighted by molar-refractivity contribution is 0.0902. The fourth-order valence-corrected chi connectivity index (χ4v) is 5.06. The van der Waals surface area contributed by atoms with Crippen LogP contribution in [-0.2, 0) is 12.8 Å². The third-order valence-corrected chi connectivity index (χ3v) is 6.61. The lowest BCUT2D eigenvalue weighted by atomic mass is 9.89. The number of rotatable bonds is 7. The van der Waals surface area contributed by atoms with Crippen LogP contribution in [-0.4, -0.2) is 40.6 Å². The van der Waals surface area contributed by atoms with E-state index >= 15 is 0 Å². The van der Waals surface area contributed by atoms with Gasteiger partial charge in [-0.1, -0.05) is 12.8 Å². The highest BCUT2D eigenvalue weighted by Gasteiger charge is 2.27. The molecule has 4 aromatic heterocycles. The summed E-state index contributed by atoms with van der Waals surface area (Å²) in [4.78, 5) is 41.4. The Balaban J connectivity index is 1.48. The lowest BCUT2D eigenvalue weighted by Gasteiger charge is -2.15. The van der Waals surface area contributed by atoms with Gasteiger partial charge in [-0.15, -0.1) is 0 Å². The fourth-order valence-electron chi connectivity index (χ4n) is 5.06. The van der Waals surface area contributed by atoms with Crippen LogP contribution in [0.3, 0.4) is 0 Å². The number of nitrogens with one attached hydrogen (secondary N) is 3. The predicted octanol–water partition coefficient (Wildman–Crippen LogP) is 3.51. The van der Waals surface area contributed by atoms with Crippen LogP contribution < -0.4 is 5.56 Å². The van der Waals surface area contributed by atoms with E-state index in [2.05, 4.69) is 37.1 Å². The number of aromatic nitrogens is 7. The Kier molecular flexibility index (Phi) is 5.77. The Hall–Kier alpha value is -3.75. The van der Waals surface area contributed by atoms with Crippen LogP contribution in [0.15, 0.2) is 42.1 Å². The van der Waals surface area contributed by atoms with E-state index < -0.39 is 0 Å². The number of aryl methyl sites for hydroxylation is 1. The van der Waals surface area contributed by atoms with Gasteiger partial charge in [-0.05, 0) is 43.2 Å². The van der Waals surface area contributed by atoms with Crippen LogP contribution in [0.1, 0.15) is 71.0 Å². The zero-order valence-electron chi connectivity index (χ0n) is 18.6. The molecule has 170 valence electrons. The third-order valence-electron chi connectivity index (χ3n) is 6.61. The van der Waals surface area contributed by atoms with Gasteiger partial charge in [0.15, 0.2) is 0 Å². The van der Waals surface area contributed by atoms with E-state index in [4.69, 9.17) is 0 Å².